The number of aromatic nitrogens is 1. The van der Waals surface area contributed by atoms with Crippen LogP contribution in [0.15, 0.2) is 59.1 Å². The van der Waals surface area contributed by atoms with Gasteiger partial charge < -0.3 is 11.5 Å². The molecule has 2 aromatic rings. The third kappa shape index (κ3) is 4.71. The summed E-state index contributed by atoms with van der Waals surface area (Å²) in [6.07, 6.45) is -1.66. The van der Waals surface area contributed by atoms with Crippen molar-refractivity contribution in [3.05, 3.63) is 76.5 Å². The van der Waals surface area contributed by atoms with E-state index in [0.717, 1.165) is 23.4 Å². The lowest BCUT2D eigenvalue weighted by molar-refractivity contribution is -0.137. The van der Waals surface area contributed by atoms with Crippen LogP contribution >= 0.6 is 8.58 Å². The monoisotopic (exact) mass is 392 g/mol. The molecule has 0 bridgehead atoms. The van der Waals surface area contributed by atoms with Crippen LogP contribution < -0.4 is 11.5 Å². The highest BCUT2D eigenvalue weighted by molar-refractivity contribution is 7.43. The summed E-state index contributed by atoms with van der Waals surface area (Å²) in [7, 11) is 0.211. The Bertz CT molecular complexity index is 906. The van der Waals surface area contributed by atoms with Crippen molar-refractivity contribution in [2.45, 2.75) is 18.4 Å². The molecule has 0 spiro atoms. The minimum atomic E-state index is -4.39. The Balaban J connectivity index is 1.72. The van der Waals surface area contributed by atoms with Crippen LogP contribution in [0.25, 0.3) is 0 Å². The quantitative estimate of drug-likeness (QED) is 0.783. The number of halogens is 3. The van der Waals surface area contributed by atoms with Crippen molar-refractivity contribution in [1.82, 2.24) is 4.98 Å². The molecule has 27 heavy (non-hydrogen) atoms. The zero-order valence-electron chi connectivity index (χ0n) is 14.0. The van der Waals surface area contributed by atoms with E-state index in [4.69, 9.17) is 11.5 Å². The van der Waals surface area contributed by atoms with Crippen LogP contribution in [0.3, 0.4) is 0 Å². The van der Waals surface area contributed by atoms with Gasteiger partial charge in [-0.1, -0.05) is 24.3 Å². The van der Waals surface area contributed by atoms with E-state index in [1.165, 1.54) is 12.1 Å². The normalized spacial score (nSPS) is 18.1. The van der Waals surface area contributed by atoms with Gasteiger partial charge in [-0.05, 0) is 37.9 Å². The summed E-state index contributed by atoms with van der Waals surface area (Å²) >= 11 is 0. The van der Waals surface area contributed by atoms with E-state index in [0.29, 0.717) is 17.6 Å². The van der Waals surface area contributed by atoms with E-state index < -0.39 is 17.6 Å². The predicted molar refractivity (Wildman–Crippen MR) is 98.4 cm³/mol. The van der Waals surface area contributed by atoms with E-state index in [1.54, 1.807) is 0 Å². The molecule has 1 aliphatic heterocycles. The van der Waals surface area contributed by atoms with Gasteiger partial charge in [0, 0.05) is 23.7 Å². The van der Waals surface area contributed by atoms with Crippen LogP contribution in [-0.4, -0.2) is 16.6 Å². The molecule has 9 heteroatoms. The lowest BCUT2D eigenvalue weighted by atomic mass is 10.1. The van der Waals surface area contributed by atoms with Gasteiger partial charge in [-0.3, -0.25) is 14.8 Å². The summed E-state index contributed by atoms with van der Waals surface area (Å²) < 4.78 is 37.7. The zero-order valence-corrected chi connectivity index (χ0v) is 15.0. The molecule has 0 saturated carbocycles. The van der Waals surface area contributed by atoms with Crippen LogP contribution in [0, 0.1) is 0 Å². The summed E-state index contributed by atoms with van der Waals surface area (Å²) in [4.78, 5) is 19.5. The fourth-order valence-electron chi connectivity index (χ4n) is 2.57. The Kier molecular flexibility index (Phi) is 5.28. The van der Waals surface area contributed by atoms with E-state index >= 15 is 0 Å². The third-order valence-corrected chi connectivity index (χ3v) is 5.16. The Hall–Kier alpha value is -2.73. The first-order chi connectivity index (χ1) is 12.7. The number of pyridine rings is 1. The smallest absolute Gasteiger partial charge is 0.399 e. The molecule has 1 aromatic heterocycles. The van der Waals surface area contributed by atoms with Crippen LogP contribution in [0.4, 0.5) is 13.2 Å². The first-order valence-electron chi connectivity index (χ1n) is 7.94. The van der Waals surface area contributed by atoms with E-state index in [-0.39, 0.29) is 20.1 Å². The summed E-state index contributed by atoms with van der Waals surface area (Å²) in [5.74, 6) is -0.895. The van der Waals surface area contributed by atoms with Gasteiger partial charge in [0.05, 0.1) is 11.3 Å². The molecule has 1 aliphatic rings. The van der Waals surface area contributed by atoms with Crippen LogP contribution in [0.2, 0.25) is 0 Å². The molecule has 0 fully saturated rings. The van der Waals surface area contributed by atoms with Gasteiger partial charge in [0.2, 0.25) is 0 Å². The first kappa shape index (κ1) is 19.0. The average molecular weight is 392 g/mol. The predicted octanol–water partition coefficient (Wildman–Crippen LogP) is 3.11. The van der Waals surface area contributed by atoms with Crippen LogP contribution in [0.5, 0.6) is 0 Å². The van der Waals surface area contributed by atoms with Gasteiger partial charge in [0.25, 0.3) is 5.91 Å². The molecule has 5 nitrogen and oxygen atoms in total. The molecule has 2 heterocycles. The highest BCUT2D eigenvalue weighted by atomic mass is 31.1. The van der Waals surface area contributed by atoms with E-state index in [1.807, 2.05) is 24.3 Å². The van der Waals surface area contributed by atoms with Crippen molar-refractivity contribution in [3.8, 4) is 0 Å². The largest absolute Gasteiger partial charge is 0.417 e. The molecule has 0 radical (unpaired) electrons. The second-order valence-corrected chi connectivity index (χ2v) is 7.39. The number of benzene rings is 1. The Labute approximate surface area is 155 Å². The van der Waals surface area contributed by atoms with Gasteiger partial charge in [-0.25, -0.2) is 0 Å². The van der Waals surface area contributed by atoms with Crippen molar-refractivity contribution in [2.24, 2.45) is 16.5 Å². The van der Waals surface area contributed by atoms with Crippen molar-refractivity contribution < 1.29 is 18.0 Å². The maximum absolute atomic E-state index is 12.6. The number of rotatable bonds is 4. The summed E-state index contributed by atoms with van der Waals surface area (Å²) in [6, 6.07) is 9.82. The number of alkyl halides is 3. The van der Waals surface area contributed by atoms with Crippen molar-refractivity contribution in [2.75, 3.05) is 0 Å². The topological polar surface area (TPSA) is 94.4 Å². The number of primary amides is 1. The third-order valence-electron chi connectivity index (χ3n) is 3.95. The maximum atomic E-state index is 12.6. The Morgan fingerprint density at radius 3 is 2.41 bits per heavy atom. The number of hydrogen-bond donors (Lipinski definition) is 2. The van der Waals surface area contributed by atoms with Crippen molar-refractivity contribution in [1.29, 1.82) is 0 Å². The molecule has 0 aliphatic carbocycles. The van der Waals surface area contributed by atoms with E-state index in [9.17, 15) is 18.0 Å². The number of aliphatic imine (C=N–C) groups is 1. The highest BCUT2D eigenvalue weighted by Gasteiger charge is 2.30. The second-order valence-electron chi connectivity index (χ2n) is 5.98. The first-order valence-corrected chi connectivity index (χ1v) is 9.02. The molecule has 3 rings (SSSR count). The fourth-order valence-corrected chi connectivity index (χ4v) is 3.67. The Morgan fingerprint density at radius 2 is 1.85 bits per heavy atom. The molecule has 1 aromatic carbocycles. The molecular weight excluding hydrogens is 376 g/mol. The molecule has 4 N–H and O–H groups in total. The maximum Gasteiger partial charge on any atom is 0.417 e. The number of nitrogens with zero attached hydrogens (tertiary/aromatic N) is 2. The summed E-state index contributed by atoms with van der Waals surface area (Å²) in [5.41, 5.74) is 13.4. The number of hydrogen-bond acceptors (Lipinski definition) is 4. The lowest BCUT2D eigenvalue weighted by Gasteiger charge is -2.18. The number of carbonyl (C=O) groups excluding carboxylic acids is 1. The number of amides is 1. The summed E-state index contributed by atoms with van der Waals surface area (Å²) in [5, 5.41) is 0. The Morgan fingerprint density at radius 1 is 1.15 bits per heavy atom. The highest BCUT2D eigenvalue weighted by Crippen LogP contribution is 2.42. The van der Waals surface area contributed by atoms with Gasteiger partial charge in [-0.2, -0.15) is 13.2 Å². The van der Waals surface area contributed by atoms with Gasteiger partial charge in [0.15, 0.2) is 0 Å². The fraction of sp³-hybridized carbons (Fsp3) is 0.167. The molecular formula is C18H16F3N4OP. The minimum Gasteiger partial charge on any atom is -0.399 e. The molecule has 2 unspecified atom stereocenters. The van der Waals surface area contributed by atoms with Gasteiger partial charge in [0.1, 0.15) is 5.71 Å². The molecule has 140 valence electrons. The van der Waals surface area contributed by atoms with Crippen molar-refractivity contribution in [3.63, 3.8) is 0 Å². The van der Waals surface area contributed by atoms with Crippen molar-refractivity contribution >= 4 is 20.2 Å². The van der Waals surface area contributed by atoms with Crippen LogP contribution in [-0.2, 0) is 17.4 Å². The van der Waals surface area contributed by atoms with Gasteiger partial charge in [-0.15, -0.1) is 0 Å². The number of nitrogens with two attached hydrogens (primary N) is 2. The lowest BCUT2D eigenvalue weighted by Crippen LogP contribution is -2.24. The second kappa shape index (κ2) is 7.48. The molecule has 1 amide bonds. The standard InChI is InChI=1S/C18H16F3N4OP/c19-18(20,21)12-5-6-13(24-9-12)7-10-1-3-11(4-2-10)17-25-14(16(23)26)8-15(22)27-17/h1-6,8-9,17,27H,7,22H2,(H2,23,26). The zero-order chi connectivity index (χ0) is 19.6. The summed E-state index contributed by atoms with van der Waals surface area (Å²) in [6.45, 7) is 0. The van der Waals surface area contributed by atoms with Crippen LogP contribution in [0.1, 0.15) is 28.2 Å². The molecule has 0 saturated heterocycles. The number of carbonyl (C=O) groups is 1. The SMILES string of the molecule is NC(=O)C1=NC(c2ccc(Cc3ccc(C(F)(F)F)cn3)cc2)PC(N)=C1. The molecule has 2 atom stereocenters. The van der Waals surface area contributed by atoms with E-state index in [2.05, 4.69) is 9.98 Å². The minimum absolute atomic E-state index is 0.147. The van der Waals surface area contributed by atoms with Gasteiger partial charge >= 0.3 is 6.18 Å². The average Bonchev–Trinajstić information content (AvgIpc) is 2.61.